The molecule has 0 aliphatic heterocycles. The summed E-state index contributed by atoms with van der Waals surface area (Å²) in [5, 5.41) is 0. The number of aliphatic imine (C=N–C) groups is 1. The fourth-order valence-electron chi connectivity index (χ4n) is 1.61. The topological polar surface area (TPSA) is 160 Å². The van der Waals surface area contributed by atoms with E-state index >= 15 is 0 Å². The van der Waals surface area contributed by atoms with Crippen LogP contribution in [0.4, 0.5) is 0 Å². The minimum Gasteiger partial charge on any atom is -0.391 e. The molecule has 8 nitrogen and oxygen atoms in total. The Balaban J connectivity index is 4.16. The molecule has 8 N–H and O–H groups in total. The molecule has 0 aliphatic rings. The van der Waals surface area contributed by atoms with Gasteiger partial charge in [0.25, 0.3) is 0 Å². The third kappa shape index (κ3) is 7.05. The van der Waals surface area contributed by atoms with Crippen LogP contribution in [0.15, 0.2) is 4.99 Å². The number of hydrogen-bond acceptors (Lipinski definition) is 6. The van der Waals surface area contributed by atoms with Crippen LogP contribution in [0.2, 0.25) is 0 Å². The van der Waals surface area contributed by atoms with Crippen LogP contribution in [-0.2, 0) is 14.3 Å². The largest absolute Gasteiger partial charge is 0.391 e. The number of ether oxygens (including phenoxy) is 1. The fraction of sp³-hybridized carbons (Fsp3) is 0.769. The molecule has 0 saturated carbocycles. The molecule has 0 bridgehead atoms. The monoisotopic (exact) mass is 301 g/mol. The van der Waals surface area contributed by atoms with Gasteiger partial charge in [0, 0.05) is 6.54 Å². The van der Waals surface area contributed by atoms with Crippen molar-refractivity contribution in [1.82, 2.24) is 0 Å². The Bertz CT molecular complexity index is 376. The van der Waals surface area contributed by atoms with E-state index in [1.165, 1.54) is 0 Å². The minimum atomic E-state index is -1.14. The summed E-state index contributed by atoms with van der Waals surface area (Å²) >= 11 is 0. The second kappa shape index (κ2) is 9.30. The van der Waals surface area contributed by atoms with Gasteiger partial charge in [0.05, 0.1) is 0 Å². The number of nitrogens with zero attached hydrogens (tertiary/aromatic N) is 1. The van der Waals surface area contributed by atoms with E-state index < -0.39 is 23.5 Å². The Hall–Kier alpha value is -1.67. The molecule has 0 aliphatic carbocycles. The van der Waals surface area contributed by atoms with Crippen molar-refractivity contribution in [3.63, 3.8) is 0 Å². The SMILES string of the molecule is CCC(N)(CC)C(=O)OC(=O)[C@@H](N)CCCCN=C(N)N. The van der Waals surface area contributed by atoms with Gasteiger partial charge in [0.1, 0.15) is 11.6 Å². The molecule has 0 spiro atoms. The number of nitrogens with two attached hydrogens (primary N) is 4. The summed E-state index contributed by atoms with van der Waals surface area (Å²) in [6.07, 6.45) is 2.52. The van der Waals surface area contributed by atoms with E-state index in [2.05, 4.69) is 4.99 Å². The van der Waals surface area contributed by atoms with Crippen LogP contribution in [0, 0.1) is 0 Å². The minimum absolute atomic E-state index is 0.0303. The predicted octanol–water partition coefficient (Wildman–Crippen LogP) is -0.655. The molecule has 0 aromatic rings. The standard InChI is InChI=1S/C13H27N5O3/c1-3-13(17,4-2)11(20)21-10(19)9(14)7-5-6-8-18-12(15)16/h9H,3-8,14,17H2,1-2H3,(H4,15,16,18)/t9-/m0/s1. The third-order valence-electron chi connectivity index (χ3n) is 3.38. The Labute approximate surface area is 125 Å². The van der Waals surface area contributed by atoms with E-state index in [1.54, 1.807) is 13.8 Å². The first kappa shape index (κ1) is 19.3. The van der Waals surface area contributed by atoms with E-state index in [9.17, 15) is 9.59 Å². The fourth-order valence-corrected chi connectivity index (χ4v) is 1.61. The highest BCUT2D eigenvalue weighted by atomic mass is 16.6. The molecule has 122 valence electrons. The van der Waals surface area contributed by atoms with E-state index in [-0.39, 0.29) is 5.96 Å². The molecular formula is C13H27N5O3. The highest BCUT2D eigenvalue weighted by Crippen LogP contribution is 2.14. The number of carbonyl (C=O) groups is 2. The van der Waals surface area contributed by atoms with E-state index in [4.69, 9.17) is 27.7 Å². The molecule has 0 aromatic carbocycles. The van der Waals surface area contributed by atoms with Gasteiger partial charge in [-0.3, -0.25) is 4.99 Å². The number of rotatable bonds is 9. The van der Waals surface area contributed by atoms with Gasteiger partial charge in [0.2, 0.25) is 0 Å². The number of carbonyl (C=O) groups excluding carboxylic acids is 2. The number of esters is 2. The number of unbranched alkanes of at least 4 members (excludes halogenated alkanes) is 1. The van der Waals surface area contributed by atoms with Crippen LogP contribution in [0.5, 0.6) is 0 Å². The van der Waals surface area contributed by atoms with Crippen molar-refractivity contribution in [1.29, 1.82) is 0 Å². The third-order valence-corrected chi connectivity index (χ3v) is 3.38. The van der Waals surface area contributed by atoms with Crippen molar-refractivity contribution < 1.29 is 14.3 Å². The summed E-state index contributed by atoms with van der Waals surface area (Å²) in [6.45, 7) is 4.00. The average Bonchev–Trinajstić information content (AvgIpc) is 2.45. The zero-order chi connectivity index (χ0) is 16.5. The molecule has 21 heavy (non-hydrogen) atoms. The summed E-state index contributed by atoms with van der Waals surface area (Å²) < 4.78 is 4.76. The Morgan fingerprint density at radius 2 is 1.76 bits per heavy atom. The Morgan fingerprint density at radius 1 is 1.19 bits per heavy atom. The van der Waals surface area contributed by atoms with Gasteiger partial charge >= 0.3 is 11.9 Å². The van der Waals surface area contributed by atoms with Crippen LogP contribution in [0.3, 0.4) is 0 Å². The molecule has 0 aromatic heterocycles. The second-order valence-corrected chi connectivity index (χ2v) is 4.98. The summed E-state index contributed by atoms with van der Waals surface area (Å²) in [4.78, 5) is 27.4. The molecule has 0 heterocycles. The summed E-state index contributed by atoms with van der Waals surface area (Å²) in [7, 11) is 0. The predicted molar refractivity (Wildman–Crippen MR) is 81.1 cm³/mol. The molecule has 0 rings (SSSR count). The second-order valence-electron chi connectivity index (χ2n) is 4.98. The molecule has 0 fully saturated rings. The maximum atomic E-state index is 11.8. The zero-order valence-corrected chi connectivity index (χ0v) is 12.8. The van der Waals surface area contributed by atoms with Crippen molar-refractivity contribution in [2.75, 3.05) is 6.54 Å². The first-order chi connectivity index (χ1) is 9.76. The first-order valence-electron chi connectivity index (χ1n) is 7.12. The van der Waals surface area contributed by atoms with Crippen molar-refractivity contribution in [2.24, 2.45) is 27.9 Å². The highest BCUT2D eigenvalue weighted by molar-refractivity contribution is 5.92. The summed E-state index contributed by atoms with van der Waals surface area (Å²) in [6, 6.07) is -0.855. The van der Waals surface area contributed by atoms with Gasteiger partial charge in [-0.2, -0.15) is 0 Å². The van der Waals surface area contributed by atoms with Gasteiger partial charge in [-0.05, 0) is 32.1 Å². The lowest BCUT2D eigenvalue weighted by Crippen LogP contribution is -2.50. The first-order valence-corrected chi connectivity index (χ1v) is 7.12. The molecular weight excluding hydrogens is 274 g/mol. The van der Waals surface area contributed by atoms with E-state index in [0.717, 1.165) is 0 Å². The van der Waals surface area contributed by atoms with E-state index in [0.29, 0.717) is 38.6 Å². The van der Waals surface area contributed by atoms with Crippen LogP contribution in [0.1, 0.15) is 46.0 Å². The van der Waals surface area contributed by atoms with Gasteiger partial charge in [-0.15, -0.1) is 0 Å². The number of guanidine groups is 1. The molecule has 0 radical (unpaired) electrons. The summed E-state index contributed by atoms with van der Waals surface area (Å²) in [5.74, 6) is -1.45. The smallest absolute Gasteiger partial charge is 0.333 e. The van der Waals surface area contributed by atoms with Crippen molar-refractivity contribution in [3.8, 4) is 0 Å². The quantitative estimate of drug-likeness (QED) is 0.145. The number of hydrogen-bond donors (Lipinski definition) is 4. The van der Waals surface area contributed by atoms with E-state index in [1.807, 2.05) is 0 Å². The van der Waals surface area contributed by atoms with Gasteiger partial charge in [-0.1, -0.05) is 13.8 Å². The zero-order valence-electron chi connectivity index (χ0n) is 12.8. The van der Waals surface area contributed by atoms with Gasteiger partial charge < -0.3 is 27.7 Å². The Kier molecular flexibility index (Phi) is 8.56. The Morgan fingerprint density at radius 3 is 2.24 bits per heavy atom. The van der Waals surface area contributed by atoms with Crippen LogP contribution in [0.25, 0.3) is 0 Å². The van der Waals surface area contributed by atoms with Crippen LogP contribution < -0.4 is 22.9 Å². The van der Waals surface area contributed by atoms with Gasteiger partial charge in [0.15, 0.2) is 5.96 Å². The molecule has 8 heteroatoms. The molecule has 1 atom stereocenters. The maximum absolute atomic E-state index is 11.8. The lowest BCUT2D eigenvalue weighted by atomic mass is 9.94. The lowest BCUT2D eigenvalue weighted by Gasteiger charge is -2.23. The van der Waals surface area contributed by atoms with Crippen molar-refractivity contribution >= 4 is 17.9 Å². The summed E-state index contributed by atoms with van der Waals surface area (Å²) in [5.41, 5.74) is 20.8. The van der Waals surface area contributed by atoms with Crippen molar-refractivity contribution in [2.45, 2.75) is 57.5 Å². The van der Waals surface area contributed by atoms with Crippen LogP contribution in [-0.4, -0.2) is 36.0 Å². The van der Waals surface area contributed by atoms with Crippen molar-refractivity contribution in [3.05, 3.63) is 0 Å². The normalized spacial score (nSPS) is 12.6. The molecule has 0 saturated heterocycles. The van der Waals surface area contributed by atoms with Gasteiger partial charge in [-0.25, -0.2) is 9.59 Å². The van der Waals surface area contributed by atoms with Crippen LogP contribution >= 0.6 is 0 Å². The highest BCUT2D eigenvalue weighted by Gasteiger charge is 2.34. The maximum Gasteiger partial charge on any atom is 0.333 e. The average molecular weight is 301 g/mol. The molecule has 0 amide bonds. The molecule has 0 unspecified atom stereocenters. The lowest BCUT2D eigenvalue weighted by molar-refractivity contribution is -0.165.